The van der Waals surface area contributed by atoms with Crippen molar-refractivity contribution in [2.24, 2.45) is 0 Å². The first kappa shape index (κ1) is 12.8. The lowest BCUT2D eigenvalue weighted by molar-refractivity contribution is 0.377. The van der Waals surface area contributed by atoms with E-state index in [1.165, 1.54) is 22.0 Å². The Bertz CT molecular complexity index is 701. The van der Waals surface area contributed by atoms with Gasteiger partial charge in [0.2, 0.25) is 0 Å². The van der Waals surface area contributed by atoms with Gasteiger partial charge in [-0.2, -0.15) is 5.10 Å². The number of aromatic nitrogens is 3. The first-order valence-corrected chi connectivity index (χ1v) is 6.75. The Kier molecular flexibility index (Phi) is 3.48. The molecule has 3 aromatic rings. The molecular weight excluding hydrogens is 248 g/mol. The van der Waals surface area contributed by atoms with Crippen molar-refractivity contribution >= 4 is 10.9 Å². The zero-order chi connectivity index (χ0) is 13.9. The van der Waals surface area contributed by atoms with Gasteiger partial charge < -0.3 is 4.90 Å². The van der Waals surface area contributed by atoms with Crippen molar-refractivity contribution < 1.29 is 0 Å². The van der Waals surface area contributed by atoms with Gasteiger partial charge in [0.05, 0.1) is 18.3 Å². The molecule has 0 radical (unpaired) electrons. The standard InChI is InChI=1S/C16H18N4/c1-19(2)9-10-20-16-11-14(3-4-15(16)12-18-20)13-5-7-17-8-6-13/h3-8,11-12H,9-10H2,1-2H3. The summed E-state index contributed by atoms with van der Waals surface area (Å²) >= 11 is 0. The molecule has 4 heteroatoms. The Labute approximate surface area is 118 Å². The predicted molar refractivity (Wildman–Crippen MR) is 81.5 cm³/mol. The van der Waals surface area contributed by atoms with E-state index < -0.39 is 0 Å². The first-order valence-electron chi connectivity index (χ1n) is 6.75. The number of fused-ring (bicyclic) bond motifs is 1. The van der Waals surface area contributed by atoms with E-state index in [2.05, 4.69) is 52.0 Å². The maximum Gasteiger partial charge on any atom is 0.0689 e. The summed E-state index contributed by atoms with van der Waals surface area (Å²) in [6.45, 7) is 1.88. The van der Waals surface area contributed by atoms with Crippen LogP contribution in [-0.2, 0) is 6.54 Å². The second-order valence-electron chi connectivity index (χ2n) is 5.18. The minimum Gasteiger partial charge on any atom is -0.308 e. The van der Waals surface area contributed by atoms with Crippen LogP contribution in [0.25, 0.3) is 22.0 Å². The molecule has 0 aliphatic heterocycles. The monoisotopic (exact) mass is 266 g/mol. The average molecular weight is 266 g/mol. The van der Waals surface area contributed by atoms with Crippen LogP contribution in [0.4, 0.5) is 0 Å². The van der Waals surface area contributed by atoms with Crippen LogP contribution in [-0.4, -0.2) is 40.3 Å². The lowest BCUT2D eigenvalue weighted by Crippen LogP contribution is -2.18. The van der Waals surface area contributed by atoms with Crippen LogP contribution >= 0.6 is 0 Å². The quantitative estimate of drug-likeness (QED) is 0.728. The Hall–Kier alpha value is -2.20. The highest BCUT2D eigenvalue weighted by Gasteiger charge is 2.05. The number of rotatable bonds is 4. The molecule has 102 valence electrons. The smallest absolute Gasteiger partial charge is 0.0689 e. The van der Waals surface area contributed by atoms with Crippen LogP contribution in [0, 0.1) is 0 Å². The highest BCUT2D eigenvalue weighted by molar-refractivity contribution is 5.84. The van der Waals surface area contributed by atoms with Gasteiger partial charge in [-0.05, 0) is 43.4 Å². The fraction of sp³-hybridized carbons (Fsp3) is 0.250. The van der Waals surface area contributed by atoms with Crippen molar-refractivity contribution in [2.75, 3.05) is 20.6 Å². The molecule has 0 unspecified atom stereocenters. The van der Waals surface area contributed by atoms with Gasteiger partial charge in [-0.3, -0.25) is 9.67 Å². The van der Waals surface area contributed by atoms with E-state index in [9.17, 15) is 0 Å². The lowest BCUT2D eigenvalue weighted by atomic mass is 10.1. The van der Waals surface area contributed by atoms with Crippen molar-refractivity contribution in [3.63, 3.8) is 0 Å². The SMILES string of the molecule is CN(C)CCn1ncc2ccc(-c3ccncc3)cc21. The summed E-state index contributed by atoms with van der Waals surface area (Å²) in [5.41, 5.74) is 3.56. The molecule has 0 aliphatic carbocycles. The van der Waals surface area contributed by atoms with Crippen LogP contribution in [0.5, 0.6) is 0 Å². The number of likely N-dealkylation sites (N-methyl/N-ethyl adjacent to an activating group) is 1. The fourth-order valence-electron chi connectivity index (χ4n) is 2.27. The zero-order valence-electron chi connectivity index (χ0n) is 11.8. The van der Waals surface area contributed by atoms with Gasteiger partial charge in [-0.1, -0.05) is 12.1 Å². The molecular formula is C16H18N4. The molecule has 0 saturated carbocycles. The molecule has 0 N–H and O–H groups in total. The Balaban J connectivity index is 1.99. The van der Waals surface area contributed by atoms with Gasteiger partial charge >= 0.3 is 0 Å². The van der Waals surface area contributed by atoms with Crippen molar-refractivity contribution in [1.29, 1.82) is 0 Å². The highest BCUT2D eigenvalue weighted by Crippen LogP contribution is 2.23. The molecule has 0 amide bonds. The zero-order valence-corrected chi connectivity index (χ0v) is 11.8. The van der Waals surface area contributed by atoms with E-state index in [1.54, 1.807) is 0 Å². The normalized spacial score (nSPS) is 11.3. The van der Waals surface area contributed by atoms with E-state index in [0.29, 0.717) is 0 Å². The first-order chi connectivity index (χ1) is 9.74. The number of nitrogens with zero attached hydrogens (tertiary/aromatic N) is 4. The van der Waals surface area contributed by atoms with Gasteiger partial charge in [0.15, 0.2) is 0 Å². The van der Waals surface area contributed by atoms with E-state index in [-0.39, 0.29) is 0 Å². The van der Waals surface area contributed by atoms with Crippen LogP contribution in [0.2, 0.25) is 0 Å². The molecule has 0 bridgehead atoms. The number of hydrogen-bond donors (Lipinski definition) is 0. The molecule has 0 saturated heterocycles. The van der Waals surface area contributed by atoms with Crippen molar-refractivity contribution in [1.82, 2.24) is 19.7 Å². The molecule has 0 aliphatic rings. The third-order valence-electron chi connectivity index (χ3n) is 3.42. The van der Waals surface area contributed by atoms with Crippen molar-refractivity contribution in [3.8, 4) is 11.1 Å². The van der Waals surface area contributed by atoms with E-state index in [1.807, 2.05) is 30.7 Å². The molecule has 2 heterocycles. The predicted octanol–water partition coefficient (Wildman–Crippen LogP) is 2.66. The second kappa shape index (κ2) is 5.43. The largest absolute Gasteiger partial charge is 0.308 e. The molecule has 4 nitrogen and oxygen atoms in total. The van der Waals surface area contributed by atoms with Crippen LogP contribution in [0.15, 0.2) is 48.9 Å². The molecule has 0 spiro atoms. The summed E-state index contributed by atoms with van der Waals surface area (Å²) in [4.78, 5) is 6.23. The van der Waals surface area contributed by atoms with Gasteiger partial charge in [0.25, 0.3) is 0 Å². The maximum atomic E-state index is 4.48. The molecule has 1 aromatic carbocycles. The van der Waals surface area contributed by atoms with Gasteiger partial charge in [0.1, 0.15) is 0 Å². The Morgan fingerprint density at radius 3 is 2.60 bits per heavy atom. The Morgan fingerprint density at radius 2 is 1.85 bits per heavy atom. The number of benzene rings is 1. The third kappa shape index (κ3) is 2.56. The van der Waals surface area contributed by atoms with E-state index >= 15 is 0 Å². The highest BCUT2D eigenvalue weighted by atomic mass is 15.3. The molecule has 20 heavy (non-hydrogen) atoms. The summed E-state index contributed by atoms with van der Waals surface area (Å²) in [5, 5.41) is 5.66. The van der Waals surface area contributed by atoms with Crippen LogP contribution in [0.1, 0.15) is 0 Å². The molecule has 2 aromatic heterocycles. The average Bonchev–Trinajstić information content (AvgIpc) is 2.88. The minimum atomic E-state index is 0.899. The van der Waals surface area contributed by atoms with E-state index in [4.69, 9.17) is 0 Å². The molecule has 0 fully saturated rings. The van der Waals surface area contributed by atoms with Gasteiger partial charge in [-0.15, -0.1) is 0 Å². The number of pyridine rings is 1. The van der Waals surface area contributed by atoms with Gasteiger partial charge in [-0.25, -0.2) is 0 Å². The third-order valence-corrected chi connectivity index (χ3v) is 3.42. The van der Waals surface area contributed by atoms with Crippen molar-refractivity contribution in [2.45, 2.75) is 6.54 Å². The molecule has 0 atom stereocenters. The van der Waals surface area contributed by atoms with Crippen molar-refractivity contribution in [3.05, 3.63) is 48.9 Å². The second-order valence-corrected chi connectivity index (χ2v) is 5.18. The topological polar surface area (TPSA) is 34.0 Å². The Morgan fingerprint density at radius 1 is 1.05 bits per heavy atom. The van der Waals surface area contributed by atoms with Crippen LogP contribution < -0.4 is 0 Å². The summed E-state index contributed by atoms with van der Waals surface area (Å²) in [7, 11) is 4.15. The van der Waals surface area contributed by atoms with Gasteiger partial charge in [0, 0.05) is 24.3 Å². The maximum absolute atomic E-state index is 4.48. The summed E-state index contributed by atoms with van der Waals surface area (Å²) in [6.07, 6.45) is 5.58. The fourth-order valence-corrected chi connectivity index (χ4v) is 2.27. The number of hydrogen-bond acceptors (Lipinski definition) is 3. The van der Waals surface area contributed by atoms with Crippen LogP contribution in [0.3, 0.4) is 0 Å². The molecule has 3 rings (SSSR count). The summed E-state index contributed by atoms with van der Waals surface area (Å²) in [6, 6.07) is 10.5. The minimum absolute atomic E-state index is 0.899. The summed E-state index contributed by atoms with van der Waals surface area (Å²) in [5.74, 6) is 0. The lowest BCUT2D eigenvalue weighted by Gasteiger charge is -2.10. The summed E-state index contributed by atoms with van der Waals surface area (Å²) < 4.78 is 2.07. The van der Waals surface area contributed by atoms with E-state index in [0.717, 1.165) is 13.1 Å².